The van der Waals surface area contributed by atoms with Crippen LogP contribution in [0.3, 0.4) is 0 Å². The van der Waals surface area contributed by atoms with Crippen LogP contribution in [0, 0.1) is 0 Å². The van der Waals surface area contributed by atoms with E-state index in [1.54, 1.807) is 0 Å². The van der Waals surface area contributed by atoms with E-state index in [0.717, 1.165) is 30.8 Å². The van der Waals surface area contributed by atoms with Gasteiger partial charge in [0.15, 0.2) is 5.82 Å². The SMILES string of the molecule is CCCCCCCCCCCc1noc(-c2cccc(CNC3C=CCC3)c2)n1. The third-order valence-electron chi connectivity index (χ3n) is 5.73. The number of hydrogen-bond acceptors (Lipinski definition) is 4. The first kappa shape index (κ1) is 21.8. The van der Waals surface area contributed by atoms with Gasteiger partial charge in [0.05, 0.1) is 0 Å². The molecule has 1 atom stereocenters. The molecule has 1 aromatic carbocycles. The second kappa shape index (κ2) is 12.6. The molecule has 1 aromatic heterocycles. The van der Waals surface area contributed by atoms with Gasteiger partial charge in [0.2, 0.25) is 0 Å². The Bertz CT molecular complexity index is 737. The molecule has 0 spiro atoms. The summed E-state index contributed by atoms with van der Waals surface area (Å²) in [5.41, 5.74) is 2.26. The molecule has 0 fully saturated rings. The summed E-state index contributed by atoms with van der Waals surface area (Å²) in [6, 6.07) is 8.93. The van der Waals surface area contributed by atoms with E-state index in [4.69, 9.17) is 4.52 Å². The van der Waals surface area contributed by atoms with Crippen molar-refractivity contribution in [3.63, 3.8) is 0 Å². The van der Waals surface area contributed by atoms with Crippen LogP contribution in [0.5, 0.6) is 0 Å². The largest absolute Gasteiger partial charge is 0.334 e. The molecule has 0 saturated carbocycles. The maximum atomic E-state index is 5.52. The van der Waals surface area contributed by atoms with Crippen molar-refractivity contribution in [2.45, 2.75) is 96.6 Å². The van der Waals surface area contributed by atoms with Crippen LogP contribution in [0.1, 0.15) is 88.9 Å². The number of benzene rings is 1. The minimum Gasteiger partial charge on any atom is -0.334 e. The highest BCUT2D eigenvalue weighted by atomic mass is 16.5. The van der Waals surface area contributed by atoms with E-state index < -0.39 is 0 Å². The average molecular weight is 396 g/mol. The smallest absolute Gasteiger partial charge is 0.257 e. The van der Waals surface area contributed by atoms with Gasteiger partial charge in [-0.05, 0) is 37.0 Å². The van der Waals surface area contributed by atoms with Crippen LogP contribution in [0.4, 0.5) is 0 Å². The molecule has 3 rings (SSSR count). The quantitative estimate of drug-likeness (QED) is 0.288. The summed E-state index contributed by atoms with van der Waals surface area (Å²) >= 11 is 0. The summed E-state index contributed by atoms with van der Waals surface area (Å²) in [4.78, 5) is 4.62. The maximum absolute atomic E-state index is 5.52. The molecule has 4 nitrogen and oxygen atoms in total. The number of allylic oxidation sites excluding steroid dienone is 1. The zero-order valence-corrected chi connectivity index (χ0v) is 18.0. The Morgan fingerprint density at radius 1 is 1.03 bits per heavy atom. The standard InChI is InChI=1S/C25H37N3O/c1-2-3-4-5-6-7-8-9-10-18-24-27-25(29-28-24)22-15-13-14-21(19-22)20-26-23-16-11-12-17-23/h11,13-16,19,23,26H,2-10,12,17-18,20H2,1H3. The fourth-order valence-electron chi connectivity index (χ4n) is 3.93. The molecule has 1 heterocycles. The third-order valence-corrected chi connectivity index (χ3v) is 5.73. The van der Waals surface area contributed by atoms with E-state index in [0.29, 0.717) is 11.9 Å². The first-order valence-corrected chi connectivity index (χ1v) is 11.7. The predicted octanol–water partition coefficient (Wildman–Crippen LogP) is 6.62. The predicted molar refractivity (Wildman–Crippen MR) is 120 cm³/mol. The summed E-state index contributed by atoms with van der Waals surface area (Å²) < 4.78 is 5.52. The summed E-state index contributed by atoms with van der Waals surface area (Å²) in [5, 5.41) is 7.78. The lowest BCUT2D eigenvalue weighted by Gasteiger charge is -2.10. The van der Waals surface area contributed by atoms with Crippen molar-refractivity contribution in [1.82, 2.24) is 15.5 Å². The normalized spacial score (nSPS) is 16.0. The van der Waals surface area contributed by atoms with Crippen LogP contribution in [-0.4, -0.2) is 16.2 Å². The first-order chi connectivity index (χ1) is 14.3. The molecule has 2 aromatic rings. The summed E-state index contributed by atoms with van der Waals surface area (Å²) in [5.74, 6) is 1.47. The van der Waals surface area contributed by atoms with Gasteiger partial charge >= 0.3 is 0 Å². The van der Waals surface area contributed by atoms with Crippen LogP contribution in [-0.2, 0) is 13.0 Å². The van der Waals surface area contributed by atoms with Gasteiger partial charge in [-0.1, -0.05) is 87.7 Å². The van der Waals surface area contributed by atoms with E-state index >= 15 is 0 Å². The maximum Gasteiger partial charge on any atom is 0.257 e. The molecule has 1 aliphatic rings. The van der Waals surface area contributed by atoms with Gasteiger partial charge in [0.25, 0.3) is 5.89 Å². The van der Waals surface area contributed by atoms with Crippen LogP contribution >= 0.6 is 0 Å². The summed E-state index contributed by atoms with van der Waals surface area (Å²) in [7, 11) is 0. The topological polar surface area (TPSA) is 51.0 Å². The Kier molecular flexibility index (Phi) is 9.44. The van der Waals surface area contributed by atoms with Crippen molar-refractivity contribution in [1.29, 1.82) is 0 Å². The van der Waals surface area contributed by atoms with Crippen molar-refractivity contribution >= 4 is 0 Å². The molecule has 0 saturated heterocycles. The molecular formula is C25H37N3O. The van der Waals surface area contributed by atoms with Gasteiger partial charge in [-0.3, -0.25) is 0 Å². The lowest BCUT2D eigenvalue weighted by molar-refractivity contribution is 0.420. The van der Waals surface area contributed by atoms with Crippen molar-refractivity contribution in [2.75, 3.05) is 0 Å². The van der Waals surface area contributed by atoms with Gasteiger partial charge in [-0.15, -0.1) is 0 Å². The van der Waals surface area contributed by atoms with E-state index in [-0.39, 0.29) is 0 Å². The molecule has 0 amide bonds. The molecule has 0 bridgehead atoms. The number of aryl methyl sites for hydroxylation is 1. The van der Waals surface area contributed by atoms with E-state index in [1.165, 1.54) is 69.8 Å². The van der Waals surface area contributed by atoms with Crippen molar-refractivity contribution in [3.8, 4) is 11.5 Å². The Hall–Kier alpha value is -1.94. The highest BCUT2D eigenvalue weighted by Gasteiger charge is 2.11. The van der Waals surface area contributed by atoms with Gasteiger partial charge in [0, 0.05) is 24.6 Å². The highest BCUT2D eigenvalue weighted by molar-refractivity contribution is 5.54. The molecule has 1 aliphatic carbocycles. The molecule has 1 unspecified atom stereocenters. The van der Waals surface area contributed by atoms with E-state index in [1.807, 2.05) is 0 Å². The monoisotopic (exact) mass is 395 g/mol. The van der Waals surface area contributed by atoms with E-state index in [2.05, 4.69) is 58.8 Å². The highest BCUT2D eigenvalue weighted by Crippen LogP contribution is 2.20. The number of nitrogens with one attached hydrogen (secondary N) is 1. The number of rotatable bonds is 14. The van der Waals surface area contributed by atoms with Crippen molar-refractivity contribution < 1.29 is 4.52 Å². The van der Waals surface area contributed by atoms with Crippen LogP contribution in [0.15, 0.2) is 40.9 Å². The second-order valence-electron chi connectivity index (χ2n) is 8.29. The van der Waals surface area contributed by atoms with E-state index in [9.17, 15) is 0 Å². The zero-order chi connectivity index (χ0) is 20.2. The number of hydrogen-bond donors (Lipinski definition) is 1. The van der Waals surface area contributed by atoms with Crippen molar-refractivity contribution in [3.05, 3.63) is 47.8 Å². The third kappa shape index (κ3) is 7.77. The average Bonchev–Trinajstić information content (AvgIpc) is 3.43. The van der Waals surface area contributed by atoms with Gasteiger partial charge in [0.1, 0.15) is 0 Å². The van der Waals surface area contributed by atoms with Gasteiger partial charge in [-0.25, -0.2) is 0 Å². The lowest BCUT2D eigenvalue weighted by Crippen LogP contribution is -2.24. The number of unbranched alkanes of at least 4 members (excludes halogenated alkanes) is 8. The van der Waals surface area contributed by atoms with Gasteiger partial charge < -0.3 is 9.84 Å². The number of nitrogens with zero attached hydrogens (tertiary/aromatic N) is 2. The van der Waals surface area contributed by atoms with Gasteiger partial charge in [-0.2, -0.15) is 4.98 Å². The Labute approximate surface area is 176 Å². The Morgan fingerprint density at radius 3 is 2.59 bits per heavy atom. The second-order valence-corrected chi connectivity index (χ2v) is 8.29. The van der Waals surface area contributed by atoms with Crippen LogP contribution in [0.25, 0.3) is 11.5 Å². The summed E-state index contributed by atoms with van der Waals surface area (Å²) in [6.07, 6.45) is 19.8. The summed E-state index contributed by atoms with van der Waals surface area (Å²) in [6.45, 7) is 3.13. The molecule has 29 heavy (non-hydrogen) atoms. The minimum atomic E-state index is 0.505. The molecule has 0 radical (unpaired) electrons. The molecule has 1 N–H and O–H groups in total. The Balaban J connectivity index is 1.37. The van der Waals surface area contributed by atoms with Crippen molar-refractivity contribution in [2.24, 2.45) is 0 Å². The Morgan fingerprint density at radius 2 is 1.83 bits per heavy atom. The lowest BCUT2D eigenvalue weighted by atomic mass is 10.1. The fourth-order valence-corrected chi connectivity index (χ4v) is 3.93. The molecule has 4 heteroatoms. The number of aromatic nitrogens is 2. The molecule has 158 valence electrons. The molecule has 0 aliphatic heterocycles. The van der Waals surface area contributed by atoms with Crippen LogP contribution < -0.4 is 5.32 Å². The first-order valence-electron chi connectivity index (χ1n) is 11.7. The van der Waals surface area contributed by atoms with Crippen LogP contribution in [0.2, 0.25) is 0 Å². The minimum absolute atomic E-state index is 0.505. The molecular weight excluding hydrogens is 358 g/mol. The zero-order valence-electron chi connectivity index (χ0n) is 18.0. The fraction of sp³-hybridized carbons (Fsp3) is 0.600.